The number of nitrogens with one attached hydrogen (secondary N) is 1. The van der Waals surface area contributed by atoms with E-state index in [2.05, 4.69) is 5.32 Å². The van der Waals surface area contributed by atoms with Crippen molar-refractivity contribution in [3.63, 3.8) is 0 Å². The molecule has 7 nitrogen and oxygen atoms in total. The van der Waals surface area contributed by atoms with E-state index in [-0.39, 0.29) is 30.4 Å². The van der Waals surface area contributed by atoms with Crippen molar-refractivity contribution in [1.82, 2.24) is 15.1 Å². The third-order valence-electron chi connectivity index (χ3n) is 3.98. The molecule has 0 aliphatic heterocycles. The monoisotopic (exact) mass is 379 g/mol. The number of benzene rings is 1. The number of hydrogen-bond donors (Lipinski definition) is 1. The Morgan fingerprint density at radius 3 is 2.22 bits per heavy atom. The molecule has 1 aromatic carbocycles. The quantitative estimate of drug-likeness (QED) is 0.710. The van der Waals surface area contributed by atoms with Crippen LogP contribution >= 0.6 is 0 Å². The van der Waals surface area contributed by atoms with Crippen LogP contribution in [0.15, 0.2) is 18.2 Å². The summed E-state index contributed by atoms with van der Waals surface area (Å²) in [4.78, 5) is 28.0. The molecule has 0 fully saturated rings. The van der Waals surface area contributed by atoms with E-state index in [1.54, 1.807) is 21.3 Å². The Morgan fingerprint density at radius 1 is 1.07 bits per heavy atom. The lowest BCUT2D eigenvalue weighted by Crippen LogP contribution is -2.47. The summed E-state index contributed by atoms with van der Waals surface area (Å²) >= 11 is 0. The second kappa shape index (κ2) is 10.2. The molecule has 0 aliphatic carbocycles. The van der Waals surface area contributed by atoms with E-state index in [1.807, 2.05) is 50.8 Å². The first-order chi connectivity index (χ1) is 12.6. The Morgan fingerprint density at radius 2 is 1.70 bits per heavy atom. The Kier molecular flexibility index (Phi) is 8.56. The van der Waals surface area contributed by atoms with E-state index in [9.17, 15) is 9.59 Å². The summed E-state index contributed by atoms with van der Waals surface area (Å²) in [5, 5.41) is 2.86. The molecule has 7 heteroatoms. The zero-order valence-corrected chi connectivity index (χ0v) is 17.6. The summed E-state index contributed by atoms with van der Waals surface area (Å²) in [6, 6.07) is 5.72. The van der Waals surface area contributed by atoms with Crippen molar-refractivity contribution in [2.75, 3.05) is 40.9 Å². The molecule has 0 unspecified atom stereocenters. The summed E-state index contributed by atoms with van der Waals surface area (Å²) in [7, 11) is 4.84. The number of amides is 2. The minimum atomic E-state index is -0.316. The molecule has 0 atom stereocenters. The Bertz CT molecular complexity index is 641. The van der Waals surface area contributed by atoms with Gasteiger partial charge in [-0.3, -0.25) is 14.5 Å². The van der Waals surface area contributed by atoms with Gasteiger partial charge in [-0.25, -0.2) is 0 Å². The van der Waals surface area contributed by atoms with Crippen LogP contribution in [0, 0.1) is 0 Å². The van der Waals surface area contributed by atoms with Crippen LogP contribution in [0.2, 0.25) is 0 Å². The molecule has 1 N–H and O–H groups in total. The third kappa shape index (κ3) is 7.86. The Balaban J connectivity index is 2.67. The molecule has 2 amide bonds. The van der Waals surface area contributed by atoms with Gasteiger partial charge < -0.3 is 19.7 Å². The van der Waals surface area contributed by atoms with Gasteiger partial charge in [0.1, 0.15) is 0 Å². The van der Waals surface area contributed by atoms with Crippen LogP contribution in [0.3, 0.4) is 0 Å². The van der Waals surface area contributed by atoms with Crippen molar-refractivity contribution >= 4 is 11.8 Å². The number of hydrogen-bond acceptors (Lipinski definition) is 5. The molecule has 0 aliphatic rings. The van der Waals surface area contributed by atoms with Crippen LogP contribution < -0.4 is 14.8 Å². The van der Waals surface area contributed by atoms with Crippen molar-refractivity contribution in [2.45, 2.75) is 39.8 Å². The number of rotatable bonds is 9. The predicted octanol–water partition coefficient (Wildman–Crippen LogP) is 1.90. The highest BCUT2D eigenvalue weighted by molar-refractivity contribution is 5.85. The maximum Gasteiger partial charge on any atom is 0.240 e. The van der Waals surface area contributed by atoms with E-state index >= 15 is 0 Å². The molecule has 0 bridgehead atoms. The molecular formula is C20H33N3O4. The number of ether oxygens (including phenoxy) is 2. The highest BCUT2D eigenvalue weighted by atomic mass is 16.5. The van der Waals surface area contributed by atoms with E-state index in [0.717, 1.165) is 5.56 Å². The van der Waals surface area contributed by atoms with Gasteiger partial charge in [0.2, 0.25) is 11.8 Å². The molecule has 0 radical (unpaired) electrons. The maximum atomic E-state index is 12.5. The predicted molar refractivity (Wildman–Crippen MR) is 106 cm³/mol. The van der Waals surface area contributed by atoms with Gasteiger partial charge in [0.05, 0.1) is 27.3 Å². The maximum absolute atomic E-state index is 12.5. The second-order valence-corrected chi connectivity index (χ2v) is 7.54. The minimum Gasteiger partial charge on any atom is -0.493 e. The smallest absolute Gasteiger partial charge is 0.240 e. The van der Waals surface area contributed by atoms with Crippen molar-refractivity contribution < 1.29 is 19.1 Å². The summed E-state index contributed by atoms with van der Waals surface area (Å²) < 4.78 is 10.6. The lowest BCUT2D eigenvalue weighted by molar-refractivity contribution is -0.136. The van der Waals surface area contributed by atoms with Gasteiger partial charge in [0, 0.05) is 19.1 Å². The van der Waals surface area contributed by atoms with Gasteiger partial charge in [-0.2, -0.15) is 0 Å². The number of methoxy groups -OCH3 is 2. The molecule has 0 spiro atoms. The number of likely N-dealkylation sites (N-methyl/N-ethyl adjacent to an activating group) is 2. The van der Waals surface area contributed by atoms with Crippen molar-refractivity contribution in [3.05, 3.63) is 23.8 Å². The number of carbonyl (C=O) groups excluding carboxylic acids is 2. The van der Waals surface area contributed by atoms with Crippen molar-refractivity contribution in [2.24, 2.45) is 0 Å². The highest BCUT2D eigenvalue weighted by Gasteiger charge is 2.19. The molecule has 152 valence electrons. The van der Waals surface area contributed by atoms with Crippen molar-refractivity contribution in [1.29, 1.82) is 0 Å². The lowest BCUT2D eigenvalue weighted by Gasteiger charge is -2.26. The summed E-state index contributed by atoms with van der Waals surface area (Å²) in [5.41, 5.74) is 0.708. The SMILES string of the molecule is CCN(CC(=O)N(C)CC(=O)NC(C)(C)C)Cc1ccc(OC)c(OC)c1. The first kappa shape index (κ1) is 22.8. The van der Waals surface area contributed by atoms with Gasteiger partial charge in [-0.1, -0.05) is 13.0 Å². The Labute approximate surface area is 162 Å². The zero-order chi connectivity index (χ0) is 20.6. The topological polar surface area (TPSA) is 71.1 Å². The highest BCUT2D eigenvalue weighted by Crippen LogP contribution is 2.28. The number of nitrogens with zero attached hydrogens (tertiary/aromatic N) is 2. The van der Waals surface area contributed by atoms with E-state index < -0.39 is 0 Å². The standard InChI is InChI=1S/C20H33N3O4/c1-8-23(12-15-9-10-16(26-6)17(11-15)27-7)14-19(25)22(5)13-18(24)21-20(2,3)4/h9-11H,8,12-14H2,1-7H3,(H,21,24). The van der Waals surface area contributed by atoms with Crippen LogP contribution in [-0.2, 0) is 16.1 Å². The minimum absolute atomic E-state index is 0.0457. The van der Waals surface area contributed by atoms with E-state index in [0.29, 0.717) is 24.6 Å². The summed E-state index contributed by atoms with van der Waals surface area (Å²) in [5.74, 6) is 1.07. The normalized spacial score (nSPS) is 11.3. The van der Waals surface area contributed by atoms with Crippen LogP contribution in [-0.4, -0.2) is 68.1 Å². The fourth-order valence-electron chi connectivity index (χ4n) is 2.59. The molecular weight excluding hydrogens is 346 g/mol. The molecule has 1 aromatic rings. The van der Waals surface area contributed by atoms with Crippen LogP contribution in [0.4, 0.5) is 0 Å². The second-order valence-electron chi connectivity index (χ2n) is 7.54. The molecule has 0 heterocycles. The first-order valence-corrected chi connectivity index (χ1v) is 9.07. The summed E-state index contributed by atoms with van der Waals surface area (Å²) in [6.45, 7) is 9.33. The fraction of sp³-hybridized carbons (Fsp3) is 0.600. The fourth-order valence-corrected chi connectivity index (χ4v) is 2.59. The molecule has 27 heavy (non-hydrogen) atoms. The third-order valence-corrected chi connectivity index (χ3v) is 3.98. The summed E-state index contributed by atoms with van der Waals surface area (Å²) in [6.07, 6.45) is 0. The largest absolute Gasteiger partial charge is 0.493 e. The first-order valence-electron chi connectivity index (χ1n) is 9.07. The molecule has 1 rings (SSSR count). The average molecular weight is 380 g/mol. The van der Waals surface area contributed by atoms with Crippen LogP contribution in [0.5, 0.6) is 11.5 Å². The lowest BCUT2D eigenvalue weighted by atomic mass is 10.1. The van der Waals surface area contributed by atoms with E-state index in [4.69, 9.17) is 9.47 Å². The molecule has 0 saturated carbocycles. The van der Waals surface area contributed by atoms with Gasteiger partial charge in [-0.15, -0.1) is 0 Å². The van der Waals surface area contributed by atoms with Gasteiger partial charge in [-0.05, 0) is 45.0 Å². The van der Waals surface area contributed by atoms with Crippen LogP contribution in [0.25, 0.3) is 0 Å². The molecule has 0 saturated heterocycles. The van der Waals surface area contributed by atoms with Crippen LogP contribution in [0.1, 0.15) is 33.3 Å². The average Bonchev–Trinajstić information content (AvgIpc) is 2.58. The van der Waals surface area contributed by atoms with Gasteiger partial charge in [0.25, 0.3) is 0 Å². The molecule has 0 aromatic heterocycles. The van der Waals surface area contributed by atoms with Crippen molar-refractivity contribution in [3.8, 4) is 11.5 Å². The van der Waals surface area contributed by atoms with E-state index in [1.165, 1.54) is 4.90 Å². The Hall–Kier alpha value is -2.28. The van der Waals surface area contributed by atoms with Gasteiger partial charge >= 0.3 is 0 Å². The number of carbonyl (C=O) groups is 2. The van der Waals surface area contributed by atoms with Gasteiger partial charge in [0.15, 0.2) is 11.5 Å². The zero-order valence-electron chi connectivity index (χ0n) is 17.6.